The highest BCUT2D eigenvalue weighted by Gasteiger charge is 2.16. The molecule has 0 radical (unpaired) electrons. The normalized spacial score (nSPS) is 12.9. The van der Waals surface area contributed by atoms with Crippen LogP contribution < -0.4 is 4.74 Å². The van der Waals surface area contributed by atoms with Crippen LogP contribution in [-0.2, 0) is 4.74 Å². The van der Waals surface area contributed by atoms with Gasteiger partial charge in [0, 0.05) is 18.2 Å². The van der Waals surface area contributed by atoms with Gasteiger partial charge in [0.25, 0.3) is 0 Å². The van der Waals surface area contributed by atoms with E-state index in [0.29, 0.717) is 5.75 Å². The standard InChI is InChI=1S/C13H20O3/c1-8(2)10-7-13(16-5)11(6-12(10)14)9(3)15-4/h6-9,14H,1-5H3. The number of phenols is 1. The third-order valence-electron chi connectivity index (χ3n) is 2.79. The largest absolute Gasteiger partial charge is 0.508 e. The number of phenolic OH excluding ortho intramolecular Hbond substituents is 1. The van der Waals surface area contributed by atoms with Crippen molar-refractivity contribution < 1.29 is 14.6 Å². The Bertz CT molecular complexity index is 358. The molecule has 3 heteroatoms. The van der Waals surface area contributed by atoms with Gasteiger partial charge in [-0.05, 0) is 25.0 Å². The molecule has 0 aliphatic heterocycles. The minimum absolute atomic E-state index is 0.0953. The fourth-order valence-corrected chi connectivity index (χ4v) is 1.68. The molecule has 0 bridgehead atoms. The lowest BCUT2D eigenvalue weighted by Crippen LogP contribution is -2.01. The van der Waals surface area contributed by atoms with Crippen LogP contribution in [0, 0.1) is 0 Å². The van der Waals surface area contributed by atoms with E-state index in [1.54, 1.807) is 20.3 Å². The molecule has 1 unspecified atom stereocenters. The van der Waals surface area contributed by atoms with Crippen molar-refractivity contribution >= 4 is 0 Å². The predicted molar refractivity (Wildman–Crippen MR) is 64.2 cm³/mol. The molecule has 1 N–H and O–H groups in total. The van der Waals surface area contributed by atoms with Crippen molar-refractivity contribution in [2.45, 2.75) is 32.8 Å². The summed E-state index contributed by atoms with van der Waals surface area (Å²) in [4.78, 5) is 0. The van der Waals surface area contributed by atoms with Gasteiger partial charge in [-0.3, -0.25) is 0 Å². The third kappa shape index (κ3) is 2.47. The molecule has 0 aliphatic carbocycles. The average molecular weight is 224 g/mol. The summed E-state index contributed by atoms with van der Waals surface area (Å²) >= 11 is 0. The molecule has 1 rings (SSSR count). The van der Waals surface area contributed by atoms with E-state index in [1.807, 2.05) is 26.8 Å². The van der Waals surface area contributed by atoms with Crippen LogP contribution in [0.1, 0.15) is 43.9 Å². The van der Waals surface area contributed by atoms with Gasteiger partial charge in [0.05, 0.1) is 13.2 Å². The van der Waals surface area contributed by atoms with Crippen molar-refractivity contribution in [2.75, 3.05) is 14.2 Å². The van der Waals surface area contributed by atoms with E-state index in [4.69, 9.17) is 9.47 Å². The topological polar surface area (TPSA) is 38.7 Å². The Morgan fingerprint density at radius 2 is 1.69 bits per heavy atom. The lowest BCUT2D eigenvalue weighted by Gasteiger charge is -2.18. The summed E-state index contributed by atoms with van der Waals surface area (Å²) in [6, 6.07) is 3.60. The maximum absolute atomic E-state index is 9.92. The molecular weight excluding hydrogens is 204 g/mol. The summed E-state index contributed by atoms with van der Waals surface area (Å²) < 4.78 is 10.6. The quantitative estimate of drug-likeness (QED) is 0.853. The van der Waals surface area contributed by atoms with Gasteiger partial charge >= 0.3 is 0 Å². The first-order valence-electron chi connectivity index (χ1n) is 5.44. The lowest BCUT2D eigenvalue weighted by atomic mass is 9.98. The van der Waals surface area contributed by atoms with Gasteiger partial charge < -0.3 is 14.6 Å². The van der Waals surface area contributed by atoms with Crippen molar-refractivity contribution in [3.8, 4) is 11.5 Å². The summed E-state index contributed by atoms with van der Waals surface area (Å²) in [5.41, 5.74) is 1.76. The molecule has 0 aliphatic rings. The van der Waals surface area contributed by atoms with Crippen LogP contribution >= 0.6 is 0 Å². The Morgan fingerprint density at radius 3 is 2.12 bits per heavy atom. The fraction of sp³-hybridized carbons (Fsp3) is 0.538. The number of methoxy groups -OCH3 is 2. The second kappa shape index (κ2) is 5.21. The van der Waals surface area contributed by atoms with E-state index in [0.717, 1.165) is 16.9 Å². The third-order valence-corrected chi connectivity index (χ3v) is 2.79. The van der Waals surface area contributed by atoms with Gasteiger partial charge in [-0.15, -0.1) is 0 Å². The zero-order valence-electron chi connectivity index (χ0n) is 10.6. The first-order chi connectivity index (χ1) is 7.51. The van der Waals surface area contributed by atoms with Crippen LogP contribution in [-0.4, -0.2) is 19.3 Å². The minimum atomic E-state index is -0.0953. The molecule has 0 aromatic heterocycles. The Hall–Kier alpha value is -1.22. The van der Waals surface area contributed by atoms with Gasteiger partial charge in [0.2, 0.25) is 0 Å². The van der Waals surface area contributed by atoms with Gasteiger partial charge in [-0.25, -0.2) is 0 Å². The number of ether oxygens (including phenoxy) is 2. The molecule has 1 atom stereocenters. The molecule has 1 aromatic rings. The monoisotopic (exact) mass is 224 g/mol. The van der Waals surface area contributed by atoms with E-state index in [9.17, 15) is 5.11 Å². The minimum Gasteiger partial charge on any atom is -0.508 e. The second-order valence-corrected chi connectivity index (χ2v) is 4.19. The molecule has 0 saturated heterocycles. The van der Waals surface area contributed by atoms with Crippen LogP contribution in [0.15, 0.2) is 12.1 Å². The maximum Gasteiger partial charge on any atom is 0.125 e. The molecule has 16 heavy (non-hydrogen) atoms. The SMILES string of the molecule is COc1cc(C(C)C)c(O)cc1C(C)OC. The van der Waals surface area contributed by atoms with Gasteiger partial charge in [-0.1, -0.05) is 13.8 Å². The Kier molecular flexibility index (Phi) is 4.19. The van der Waals surface area contributed by atoms with Crippen molar-refractivity contribution in [1.82, 2.24) is 0 Å². The Balaban J connectivity index is 3.26. The first kappa shape index (κ1) is 12.8. The van der Waals surface area contributed by atoms with Crippen molar-refractivity contribution in [3.05, 3.63) is 23.3 Å². The molecule has 0 heterocycles. The fourth-order valence-electron chi connectivity index (χ4n) is 1.68. The Labute approximate surface area is 97.0 Å². The molecule has 3 nitrogen and oxygen atoms in total. The number of benzene rings is 1. The molecule has 0 amide bonds. The van der Waals surface area contributed by atoms with E-state index in [2.05, 4.69) is 0 Å². The van der Waals surface area contributed by atoms with E-state index < -0.39 is 0 Å². The molecular formula is C13H20O3. The van der Waals surface area contributed by atoms with E-state index in [1.165, 1.54) is 0 Å². The Morgan fingerprint density at radius 1 is 1.06 bits per heavy atom. The van der Waals surface area contributed by atoms with Gasteiger partial charge in [0.1, 0.15) is 11.5 Å². The highest BCUT2D eigenvalue weighted by atomic mass is 16.5. The molecule has 1 aromatic carbocycles. The van der Waals surface area contributed by atoms with Crippen LogP contribution in [0.5, 0.6) is 11.5 Å². The summed E-state index contributed by atoms with van der Waals surface area (Å²) in [6.07, 6.45) is -0.0953. The predicted octanol–water partition coefficient (Wildman–Crippen LogP) is 3.23. The number of hydrogen-bond donors (Lipinski definition) is 1. The number of rotatable bonds is 4. The van der Waals surface area contributed by atoms with Crippen molar-refractivity contribution in [1.29, 1.82) is 0 Å². The summed E-state index contributed by atoms with van der Waals surface area (Å²) in [5, 5.41) is 9.92. The smallest absolute Gasteiger partial charge is 0.125 e. The highest BCUT2D eigenvalue weighted by molar-refractivity contribution is 5.48. The highest BCUT2D eigenvalue weighted by Crippen LogP contribution is 2.36. The second-order valence-electron chi connectivity index (χ2n) is 4.19. The van der Waals surface area contributed by atoms with Crippen molar-refractivity contribution in [2.24, 2.45) is 0 Å². The molecule has 0 saturated carbocycles. The van der Waals surface area contributed by atoms with Crippen LogP contribution in [0.3, 0.4) is 0 Å². The summed E-state index contributed by atoms with van der Waals surface area (Å²) in [6.45, 7) is 5.99. The summed E-state index contributed by atoms with van der Waals surface area (Å²) in [5.74, 6) is 1.33. The van der Waals surface area contributed by atoms with Crippen LogP contribution in [0.2, 0.25) is 0 Å². The van der Waals surface area contributed by atoms with E-state index >= 15 is 0 Å². The zero-order valence-corrected chi connectivity index (χ0v) is 10.6. The maximum atomic E-state index is 9.92. The molecule has 0 fully saturated rings. The molecule has 90 valence electrons. The number of aromatic hydroxyl groups is 1. The van der Waals surface area contributed by atoms with E-state index in [-0.39, 0.29) is 12.0 Å². The van der Waals surface area contributed by atoms with Crippen LogP contribution in [0.25, 0.3) is 0 Å². The lowest BCUT2D eigenvalue weighted by molar-refractivity contribution is 0.116. The van der Waals surface area contributed by atoms with Gasteiger partial charge in [0.15, 0.2) is 0 Å². The molecule has 0 spiro atoms. The zero-order chi connectivity index (χ0) is 12.3. The average Bonchev–Trinajstić information content (AvgIpc) is 2.27. The van der Waals surface area contributed by atoms with Crippen molar-refractivity contribution in [3.63, 3.8) is 0 Å². The van der Waals surface area contributed by atoms with Gasteiger partial charge in [-0.2, -0.15) is 0 Å². The first-order valence-corrected chi connectivity index (χ1v) is 5.44. The number of hydrogen-bond acceptors (Lipinski definition) is 3. The van der Waals surface area contributed by atoms with Crippen LogP contribution in [0.4, 0.5) is 0 Å². The summed E-state index contributed by atoms with van der Waals surface area (Å²) in [7, 11) is 3.26.